The Morgan fingerprint density at radius 2 is 1.84 bits per heavy atom. The first-order valence-corrected chi connectivity index (χ1v) is 9.89. The van der Waals surface area contributed by atoms with Crippen LogP contribution in [0.5, 0.6) is 0 Å². The molecule has 2 aliphatic heterocycles. The minimum absolute atomic E-state index is 0.190. The third-order valence-corrected chi connectivity index (χ3v) is 5.53. The Hall–Kier alpha value is -2.95. The summed E-state index contributed by atoms with van der Waals surface area (Å²) < 4.78 is 33.6. The molecular formula is C20H23F3N4O4. The number of piperidine rings is 2. The number of carboxylic acid groups (broad SMARTS) is 1. The fraction of sp³-hybridized carbons (Fsp3) is 0.500. The number of carbonyl (C=O) groups excluding carboxylic acids is 2. The number of aryl methyl sites for hydroxylation is 1. The van der Waals surface area contributed by atoms with Gasteiger partial charge in [0.1, 0.15) is 0 Å². The molecule has 0 aliphatic carbocycles. The van der Waals surface area contributed by atoms with Gasteiger partial charge in [0, 0.05) is 18.9 Å². The molecule has 1 aromatic heterocycles. The van der Waals surface area contributed by atoms with Crippen LogP contribution in [-0.4, -0.2) is 51.9 Å². The van der Waals surface area contributed by atoms with Crippen molar-refractivity contribution in [3.05, 3.63) is 29.5 Å². The van der Waals surface area contributed by atoms with Gasteiger partial charge in [-0.1, -0.05) is 12.1 Å². The number of hydrogen-bond donors (Lipinski definition) is 3. The van der Waals surface area contributed by atoms with Crippen LogP contribution in [0, 0.1) is 0 Å². The summed E-state index contributed by atoms with van der Waals surface area (Å²) in [4.78, 5) is 32.5. The van der Waals surface area contributed by atoms with E-state index >= 15 is 0 Å². The SMILES string of the molecule is Cn1nc(C2CCC(=O)NC2=O)c2ccc(C3CCNCC3)cc21.O=C(O)C(F)(F)F. The van der Waals surface area contributed by atoms with Crippen molar-refractivity contribution in [3.8, 4) is 0 Å². The van der Waals surface area contributed by atoms with Crippen molar-refractivity contribution < 1.29 is 32.7 Å². The molecule has 31 heavy (non-hydrogen) atoms. The van der Waals surface area contributed by atoms with Gasteiger partial charge in [-0.05, 0) is 49.9 Å². The van der Waals surface area contributed by atoms with E-state index in [-0.39, 0.29) is 17.7 Å². The van der Waals surface area contributed by atoms with Crippen molar-refractivity contribution in [1.29, 1.82) is 0 Å². The molecule has 3 N–H and O–H groups in total. The van der Waals surface area contributed by atoms with Crippen molar-refractivity contribution in [2.24, 2.45) is 7.05 Å². The second kappa shape index (κ2) is 9.04. The lowest BCUT2D eigenvalue weighted by molar-refractivity contribution is -0.192. The van der Waals surface area contributed by atoms with Crippen LogP contribution in [0.15, 0.2) is 18.2 Å². The second-order valence-corrected chi connectivity index (χ2v) is 7.62. The van der Waals surface area contributed by atoms with Crippen LogP contribution in [0.4, 0.5) is 13.2 Å². The van der Waals surface area contributed by atoms with Gasteiger partial charge in [-0.3, -0.25) is 19.6 Å². The normalized spacial score (nSPS) is 20.2. The van der Waals surface area contributed by atoms with E-state index in [9.17, 15) is 22.8 Å². The number of benzene rings is 1. The highest BCUT2D eigenvalue weighted by molar-refractivity contribution is 6.02. The van der Waals surface area contributed by atoms with Gasteiger partial charge < -0.3 is 10.4 Å². The molecule has 0 saturated carbocycles. The van der Waals surface area contributed by atoms with Gasteiger partial charge >= 0.3 is 12.1 Å². The molecule has 168 valence electrons. The number of imide groups is 1. The zero-order chi connectivity index (χ0) is 22.8. The molecule has 2 amide bonds. The number of nitrogens with one attached hydrogen (secondary N) is 2. The van der Waals surface area contributed by atoms with E-state index in [0.717, 1.165) is 42.5 Å². The standard InChI is InChI=1S/C18H22N4O2.C2HF3O2/c1-22-15-10-12(11-6-8-19-9-7-11)2-3-13(15)17(21-22)14-4-5-16(23)20-18(14)24;3-2(4,5)1(6)7/h2-3,10-11,14,19H,4-9H2,1H3,(H,20,23,24);(H,6,7). The number of aromatic nitrogens is 2. The average molecular weight is 440 g/mol. The molecule has 1 atom stereocenters. The first-order valence-electron chi connectivity index (χ1n) is 9.89. The second-order valence-electron chi connectivity index (χ2n) is 7.62. The Bertz CT molecular complexity index is 996. The molecule has 0 radical (unpaired) electrons. The first-order chi connectivity index (χ1) is 14.6. The van der Waals surface area contributed by atoms with E-state index in [2.05, 4.69) is 33.9 Å². The number of carbonyl (C=O) groups is 3. The van der Waals surface area contributed by atoms with E-state index < -0.39 is 12.1 Å². The smallest absolute Gasteiger partial charge is 0.475 e. The number of hydrogen-bond acceptors (Lipinski definition) is 5. The highest BCUT2D eigenvalue weighted by Crippen LogP contribution is 2.33. The number of fused-ring (bicyclic) bond motifs is 1. The van der Waals surface area contributed by atoms with Gasteiger partial charge in [0.25, 0.3) is 0 Å². The van der Waals surface area contributed by atoms with Gasteiger partial charge in [0.05, 0.1) is 17.1 Å². The lowest BCUT2D eigenvalue weighted by atomic mass is 9.88. The number of rotatable bonds is 2. The first kappa shape index (κ1) is 22.7. The van der Waals surface area contributed by atoms with E-state index in [1.54, 1.807) is 0 Å². The molecule has 1 unspecified atom stereocenters. The molecular weight excluding hydrogens is 417 g/mol. The third kappa shape index (κ3) is 5.22. The summed E-state index contributed by atoms with van der Waals surface area (Å²) in [5, 5.41) is 18.6. The fourth-order valence-electron chi connectivity index (χ4n) is 3.92. The predicted molar refractivity (Wildman–Crippen MR) is 104 cm³/mol. The molecule has 0 spiro atoms. The van der Waals surface area contributed by atoms with Gasteiger partial charge in [0.15, 0.2) is 0 Å². The number of alkyl halides is 3. The largest absolute Gasteiger partial charge is 0.490 e. The molecule has 2 fully saturated rings. The van der Waals surface area contributed by atoms with Crippen LogP contribution in [0.25, 0.3) is 10.9 Å². The van der Waals surface area contributed by atoms with Crippen LogP contribution >= 0.6 is 0 Å². The van der Waals surface area contributed by atoms with Gasteiger partial charge in [-0.2, -0.15) is 18.3 Å². The van der Waals surface area contributed by atoms with E-state index in [1.165, 1.54) is 5.56 Å². The molecule has 0 bridgehead atoms. The van der Waals surface area contributed by atoms with E-state index in [1.807, 2.05) is 11.7 Å². The molecule has 3 heterocycles. The number of amides is 2. The topological polar surface area (TPSA) is 113 Å². The van der Waals surface area contributed by atoms with E-state index in [0.29, 0.717) is 18.8 Å². The lowest BCUT2D eigenvalue weighted by Gasteiger charge is -2.23. The zero-order valence-corrected chi connectivity index (χ0v) is 16.8. The average Bonchev–Trinajstić information content (AvgIpc) is 3.04. The molecule has 2 aromatic rings. The number of nitrogens with zero attached hydrogens (tertiary/aromatic N) is 2. The molecule has 8 nitrogen and oxygen atoms in total. The van der Waals surface area contributed by atoms with Crippen LogP contribution in [0.1, 0.15) is 48.8 Å². The van der Waals surface area contributed by atoms with Crippen molar-refractivity contribution in [3.63, 3.8) is 0 Å². The van der Waals surface area contributed by atoms with Crippen LogP contribution in [0.3, 0.4) is 0 Å². The molecule has 1 aromatic carbocycles. The summed E-state index contributed by atoms with van der Waals surface area (Å²) in [5.74, 6) is -2.92. The number of halogens is 3. The monoisotopic (exact) mass is 440 g/mol. The highest BCUT2D eigenvalue weighted by atomic mass is 19.4. The minimum Gasteiger partial charge on any atom is -0.475 e. The minimum atomic E-state index is -5.08. The number of aliphatic carboxylic acids is 1. The predicted octanol–water partition coefficient (Wildman–Crippen LogP) is 2.19. The summed E-state index contributed by atoms with van der Waals surface area (Å²) in [6, 6.07) is 6.49. The molecule has 2 saturated heterocycles. The van der Waals surface area contributed by atoms with Gasteiger partial charge in [0.2, 0.25) is 11.8 Å². The Labute approximate surface area is 175 Å². The summed E-state index contributed by atoms with van der Waals surface area (Å²) in [6.45, 7) is 2.13. The lowest BCUT2D eigenvalue weighted by Crippen LogP contribution is -2.39. The Balaban J connectivity index is 0.000000339. The van der Waals surface area contributed by atoms with Crippen LogP contribution in [-0.2, 0) is 21.4 Å². The maximum atomic E-state index is 12.2. The van der Waals surface area contributed by atoms with Gasteiger partial charge in [-0.15, -0.1) is 0 Å². The molecule has 2 aliphatic rings. The van der Waals surface area contributed by atoms with Gasteiger partial charge in [-0.25, -0.2) is 4.79 Å². The summed E-state index contributed by atoms with van der Waals surface area (Å²) in [5.41, 5.74) is 3.20. The zero-order valence-electron chi connectivity index (χ0n) is 16.8. The van der Waals surface area contributed by atoms with Crippen molar-refractivity contribution in [2.75, 3.05) is 13.1 Å². The van der Waals surface area contributed by atoms with E-state index in [4.69, 9.17) is 9.90 Å². The maximum absolute atomic E-state index is 12.2. The molecule has 4 rings (SSSR count). The Kier molecular flexibility index (Phi) is 6.63. The highest BCUT2D eigenvalue weighted by Gasteiger charge is 2.38. The summed E-state index contributed by atoms with van der Waals surface area (Å²) >= 11 is 0. The van der Waals surface area contributed by atoms with Crippen LogP contribution in [0.2, 0.25) is 0 Å². The Morgan fingerprint density at radius 3 is 2.42 bits per heavy atom. The van der Waals surface area contributed by atoms with Crippen molar-refractivity contribution in [2.45, 2.75) is 43.7 Å². The maximum Gasteiger partial charge on any atom is 0.490 e. The fourth-order valence-corrected chi connectivity index (χ4v) is 3.92. The Morgan fingerprint density at radius 1 is 1.19 bits per heavy atom. The number of carboxylic acids is 1. The summed E-state index contributed by atoms with van der Waals surface area (Å²) in [7, 11) is 1.92. The summed E-state index contributed by atoms with van der Waals surface area (Å²) in [6.07, 6.45) is -1.86. The van der Waals surface area contributed by atoms with Crippen molar-refractivity contribution in [1.82, 2.24) is 20.4 Å². The van der Waals surface area contributed by atoms with Crippen LogP contribution < -0.4 is 10.6 Å². The quantitative estimate of drug-likeness (QED) is 0.617. The van der Waals surface area contributed by atoms with Crippen molar-refractivity contribution >= 4 is 28.7 Å². The molecule has 11 heteroatoms. The third-order valence-electron chi connectivity index (χ3n) is 5.53.